The summed E-state index contributed by atoms with van der Waals surface area (Å²) in [6.45, 7) is -0.292. The van der Waals surface area contributed by atoms with Gasteiger partial charge in [0.25, 0.3) is 15.9 Å². The Morgan fingerprint density at radius 2 is 1.51 bits per heavy atom. The second kappa shape index (κ2) is 14.4. The number of rotatable bonds is 13. The lowest BCUT2D eigenvalue weighted by Gasteiger charge is -2.25. The van der Waals surface area contributed by atoms with Crippen LogP contribution >= 0.6 is 11.6 Å². The molecular formula is C31H30ClN3O7S. The van der Waals surface area contributed by atoms with Gasteiger partial charge in [-0.15, -0.1) is 0 Å². The number of hydrogen-bond acceptors (Lipinski definition) is 8. The zero-order valence-corrected chi connectivity index (χ0v) is 25.3. The maximum Gasteiger partial charge on any atom is 0.265 e. The highest BCUT2D eigenvalue weighted by molar-refractivity contribution is 7.92. The van der Waals surface area contributed by atoms with Gasteiger partial charge < -0.3 is 18.9 Å². The van der Waals surface area contributed by atoms with Gasteiger partial charge in [-0.3, -0.25) is 9.10 Å². The van der Waals surface area contributed by atoms with Crippen molar-refractivity contribution in [1.82, 2.24) is 5.43 Å². The fraction of sp³-hybridized carbons (Fsp3) is 0.161. The molecule has 10 nitrogen and oxygen atoms in total. The second-order valence-electron chi connectivity index (χ2n) is 8.95. The molecule has 0 aliphatic carbocycles. The first kappa shape index (κ1) is 31.2. The van der Waals surface area contributed by atoms with Crippen LogP contribution in [-0.2, 0) is 21.4 Å². The molecule has 1 N–H and O–H groups in total. The molecule has 0 bridgehead atoms. The lowest BCUT2D eigenvalue weighted by molar-refractivity contribution is -0.119. The summed E-state index contributed by atoms with van der Waals surface area (Å²) >= 11 is 6.22. The highest BCUT2D eigenvalue weighted by Gasteiger charge is 2.30. The number of carbonyl (C=O) groups is 1. The number of hydrazone groups is 1. The summed E-state index contributed by atoms with van der Waals surface area (Å²) in [5, 5.41) is 4.29. The molecule has 4 aromatic rings. The summed E-state index contributed by atoms with van der Waals surface area (Å²) in [5.74, 6) is 0.571. The number of benzene rings is 4. The number of carbonyl (C=O) groups excluding carboxylic acids is 1. The van der Waals surface area contributed by atoms with Gasteiger partial charge in [0.05, 0.1) is 38.1 Å². The summed E-state index contributed by atoms with van der Waals surface area (Å²) in [5.41, 5.74) is 4.07. The molecule has 0 fully saturated rings. The first-order valence-corrected chi connectivity index (χ1v) is 14.7. The van der Waals surface area contributed by atoms with Gasteiger partial charge in [-0.05, 0) is 48.0 Å². The van der Waals surface area contributed by atoms with E-state index in [1.54, 1.807) is 24.3 Å². The average molecular weight is 624 g/mol. The van der Waals surface area contributed by atoms with Crippen molar-refractivity contribution in [2.75, 3.05) is 32.2 Å². The first-order chi connectivity index (χ1) is 20.8. The van der Waals surface area contributed by atoms with E-state index < -0.39 is 22.5 Å². The van der Waals surface area contributed by atoms with Gasteiger partial charge in [-0.25, -0.2) is 13.8 Å². The molecular weight excluding hydrogens is 594 g/mol. The smallest absolute Gasteiger partial charge is 0.265 e. The van der Waals surface area contributed by atoms with Gasteiger partial charge in [0, 0.05) is 16.7 Å². The van der Waals surface area contributed by atoms with E-state index in [0.29, 0.717) is 23.7 Å². The summed E-state index contributed by atoms with van der Waals surface area (Å²) < 4.78 is 50.6. The van der Waals surface area contributed by atoms with Crippen molar-refractivity contribution in [3.63, 3.8) is 0 Å². The Hall–Kier alpha value is -4.74. The third-order valence-electron chi connectivity index (χ3n) is 6.19. The highest BCUT2D eigenvalue weighted by Crippen LogP contribution is 2.37. The van der Waals surface area contributed by atoms with Crippen molar-refractivity contribution in [3.8, 4) is 23.0 Å². The Balaban J connectivity index is 1.58. The van der Waals surface area contributed by atoms with Crippen LogP contribution in [0.25, 0.3) is 0 Å². The molecule has 0 saturated carbocycles. The van der Waals surface area contributed by atoms with Crippen LogP contribution in [-0.4, -0.2) is 48.4 Å². The molecule has 0 aliphatic heterocycles. The van der Waals surface area contributed by atoms with E-state index in [4.69, 9.17) is 30.5 Å². The van der Waals surface area contributed by atoms with Gasteiger partial charge >= 0.3 is 0 Å². The van der Waals surface area contributed by atoms with Crippen molar-refractivity contribution >= 4 is 39.4 Å². The molecule has 0 unspecified atom stereocenters. The van der Waals surface area contributed by atoms with Crippen LogP contribution in [0.1, 0.15) is 11.1 Å². The van der Waals surface area contributed by atoms with E-state index in [1.807, 2.05) is 36.4 Å². The number of sulfonamides is 1. The van der Waals surface area contributed by atoms with Gasteiger partial charge in [-0.2, -0.15) is 5.10 Å². The summed E-state index contributed by atoms with van der Waals surface area (Å²) in [6.07, 6.45) is 1.42. The standard InChI is InChI=1S/C31H30ClN3O7S/c1-39-28-15-13-24(32)17-26(28)35(43(37,38)25-14-16-29(40-2)30(18-25)41-3)20-31(36)34-33-19-23-11-7-8-12-27(23)42-21-22-9-5-4-6-10-22/h4-19H,20-21H2,1-3H3,(H,34,36)/b33-19-. The van der Waals surface area contributed by atoms with Crippen molar-refractivity contribution in [2.45, 2.75) is 11.5 Å². The number of nitrogens with one attached hydrogen (secondary N) is 1. The van der Waals surface area contributed by atoms with E-state index >= 15 is 0 Å². The molecule has 43 heavy (non-hydrogen) atoms. The van der Waals surface area contributed by atoms with E-state index in [0.717, 1.165) is 9.87 Å². The minimum atomic E-state index is -4.35. The molecule has 0 spiro atoms. The predicted octanol–water partition coefficient (Wildman–Crippen LogP) is 5.29. The van der Waals surface area contributed by atoms with Gasteiger partial charge in [-0.1, -0.05) is 54.1 Å². The van der Waals surface area contributed by atoms with Crippen LogP contribution in [0.5, 0.6) is 23.0 Å². The van der Waals surface area contributed by atoms with E-state index in [9.17, 15) is 13.2 Å². The number of anilines is 1. The van der Waals surface area contributed by atoms with Gasteiger partial charge in [0.2, 0.25) is 0 Å². The predicted molar refractivity (Wildman–Crippen MR) is 165 cm³/mol. The van der Waals surface area contributed by atoms with Crippen LogP contribution in [0, 0.1) is 0 Å². The molecule has 1 amide bonds. The van der Waals surface area contributed by atoms with Crippen LogP contribution in [0.3, 0.4) is 0 Å². The number of para-hydroxylation sites is 1. The molecule has 4 aromatic carbocycles. The zero-order chi connectivity index (χ0) is 30.8. The molecule has 4 rings (SSSR count). The lowest BCUT2D eigenvalue weighted by atomic mass is 10.2. The van der Waals surface area contributed by atoms with Crippen LogP contribution in [0.15, 0.2) is 101 Å². The Kier molecular flexibility index (Phi) is 10.5. The molecule has 0 saturated heterocycles. The highest BCUT2D eigenvalue weighted by atomic mass is 35.5. The Labute approximate surface area is 255 Å². The normalized spacial score (nSPS) is 11.2. The van der Waals surface area contributed by atoms with E-state index in [1.165, 1.54) is 57.9 Å². The number of nitrogens with zero attached hydrogens (tertiary/aromatic N) is 2. The number of ether oxygens (including phenoxy) is 4. The lowest BCUT2D eigenvalue weighted by Crippen LogP contribution is -2.39. The number of hydrogen-bond donors (Lipinski definition) is 1. The molecule has 0 atom stereocenters. The topological polar surface area (TPSA) is 116 Å². The zero-order valence-electron chi connectivity index (χ0n) is 23.7. The largest absolute Gasteiger partial charge is 0.495 e. The minimum absolute atomic E-state index is 0.0589. The Morgan fingerprint density at radius 1 is 0.837 bits per heavy atom. The van der Waals surface area contributed by atoms with Crippen LogP contribution in [0.2, 0.25) is 5.02 Å². The summed E-state index contributed by atoms with van der Waals surface area (Å²) in [4.78, 5) is 13.0. The van der Waals surface area contributed by atoms with Gasteiger partial charge in [0.15, 0.2) is 11.5 Å². The fourth-order valence-corrected chi connectivity index (χ4v) is 5.66. The maximum atomic E-state index is 13.9. The maximum absolute atomic E-state index is 13.9. The van der Waals surface area contributed by atoms with Crippen molar-refractivity contribution < 1.29 is 32.2 Å². The number of methoxy groups -OCH3 is 3. The van der Waals surface area contributed by atoms with Crippen LogP contribution < -0.4 is 28.7 Å². The van der Waals surface area contributed by atoms with Gasteiger partial charge in [0.1, 0.15) is 24.7 Å². The first-order valence-electron chi connectivity index (χ1n) is 12.9. The molecule has 224 valence electrons. The van der Waals surface area contributed by atoms with E-state index in [-0.39, 0.29) is 27.1 Å². The van der Waals surface area contributed by atoms with Crippen molar-refractivity contribution in [1.29, 1.82) is 0 Å². The van der Waals surface area contributed by atoms with Crippen molar-refractivity contribution in [2.24, 2.45) is 5.10 Å². The Morgan fingerprint density at radius 3 is 2.23 bits per heavy atom. The minimum Gasteiger partial charge on any atom is -0.495 e. The quantitative estimate of drug-likeness (QED) is 0.159. The Bertz CT molecular complexity index is 1700. The SMILES string of the molecule is COc1ccc(S(=O)(=O)N(CC(=O)N/N=C\c2ccccc2OCc2ccccc2)c2cc(Cl)ccc2OC)cc1OC. The number of amides is 1. The third kappa shape index (κ3) is 7.76. The monoisotopic (exact) mass is 623 g/mol. The molecule has 0 aromatic heterocycles. The molecule has 12 heteroatoms. The molecule has 0 radical (unpaired) electrons. The second-order valence-corrected chi connectivity index (χ2v) is 11.2. The molecule has 0 aliphatic rings. The van der Waals surface area contributed by atoms with E-state index in [2.05, 4.69) is 10.5 Å². The summed E-state index contributed by atoms with van der Waals surface area (Å²) in [7, 11) is -0.133. The third-order valence-corrected chi connectivity index (χ3v) is 8.18. The van der Waals surface area contributed by atoms with Crippen molar-refractivity contribution in [3.05, 3.63) is 107 Å². The van der Waals surface area contributed by atoms with Crippen LogP contribution in [0.4, 0.5) is 5.69 Å². The number of halogens is 1. The fourth-order valence-electron chi connectivity index (χ4n) is 4.06. The summed E-state index contributed by atoms with van der Waals surface area (Å²) in [6, 6.07) is 25.5. The molecule has 0 heterocycles. The average Bonchev–Trinajstić information content (AvgIpc) is 3.03.